The number of carbonyl (C=O) groups is 2. The minimum atomic E-state index is -0.645. The Morgan fingerprint density at radius 1 is 1.24 bits per heavy atom. The predicted octanol–water partition coefficient (Wildman–Crippen LogP) is 0.521. The van der Waals surface area contributed by atoms with Crippen molar-refractivity contribution in [2.75, 3.05) is 32.8 Å². The normalized spacial score (nSPS) is 17.7. The molecule has 1 heterocycles. The molecule has 0 aromatic heterocycles. The van der Waals surface area contributed by atoms with Crippen molar-refractivity contribution in [3.8, 4) is 0 Å². The van der Waals surface area contributed by atoms with Crippen LogP contribution in [0, 0.1) is 0 Å². The van der Waals surface area contributed by atoms with E-state index < -0.39 is 11.9 Å². The van der Waals surface area contributed by atoms with Crippen LogP contribution in [0.2, 0.25) is 0 Å². The number of rotatable bonds is 4. The van der Waals surface area contributed by atoms with Gasteiger partial charge in [0.15, 0.2) is 0 Å². The third-order valence-electron chi connectivity index (χ3n) is 2.23. The van der Waals surface area contributed by atoms with Gasteiger partial charge in [-0.3, -0.25) is 4.90 Å². The summed E-state index contributed by atoms with van der Waals surface area (Å²) in [7, 11) is 0. The van der Waals surface area contributed by atoms with Crippen LogP contribution in [0.15, 0.2) is 24.3 Å². The van der Waals surface area contributed by atoms with Crippen molar-refractivity contribution in [1.82, 2.24) is 4.90 Å². The second-order valence-corrected chi connectivity index (χ2v) is 3.56. The van der Waals surface area contributed by atoms with Gasteiger partial charge < -0.3 is 9.47 Å². The van der Waals surface area contributed by atoms with E-state index in [1.165, 1.54) is 18.2 Å². The van der Waals surface area contributed by atoms with Crippen LogP contribution in [-0.2, 0) is 19.1 Å². The van der Waals surface area contributed by atoms with Gasteiger partial charge in [0.2, 0.25) is 0 Å². The van der Waals surface area contributed by atoms with Gasteiger partial charge in [0.05, 0.1) is 13.2 Å². The van der Waals surface area contributed by atoms with Crippen molar-refractivity contribution in [3.05, 3.63) is 24.3 Å². The maximum Gasteiger partial charge on any atom is 0.338 e. The molecule has 0 unspecified atom stereocenters. The molecular formula is C12H17NO4. The van der Waals surface area contributed by atoms with E-state index in [1.807, 2.05) is 0 Å². The zero-order valence-corrected chi connectivity index (χ0v) is 9.93. The average molecular weight is 239 g/mol. The number of nitrogens with zero attached hydrogens (tertiary/aromatic N) is 1. The molecule has 1 saturated heterocycles. The topological polar surface area (TPSA) is 55.8 Å². The smallest absolute Gasteiger partial charge is 0.338 e. The monoisotopic (exact) mass is 239 g/mol. The molecule has 0 aliphatic carbocycles. The van der Waals surface area contributed by atoms with Crippen LogP contribution in [0.25, 0.3) is 0 Å². The lowest BCUT2D eigenvalue weighted by Crippen LogP contribution is -2.36. The first-order chi connectivity index (χ1) is 8.22. The molecule has 17 heavy (non-hydrogen) atoms. The van der Waals surface area contributed by atoms with Crippen molar-refractivity contribution >= 4 is 11.9 Å². The van der Waals surface area contributed by atoms with Gasteiger partial charge in [0.1, 0.15) is 0 Å². The van der Waals surface area contributed by atoms with E-state index in [9.17, 15) is 9.59 Å². The van der Waals surface area contributed by atoms with E-state index >= 15 is 0 Å². The minimum absolute atomic E-state index is 0.638. The molecule has 0 spiro atoms. The summed E-state index contributed by atoms with van der Waals surface area (Å²) in [4.78, 5) is 24.2. The largest absolute Gasteiger partial charge is 0.387 e. The van der Waals surface area contributed by atoms with E-state index in [-0.39, 0.29) is 0 Å². The molecule has 1 fully saturated rings. The Bertz CT molecular complexity index is 316. The number of hydrogen-bond donors (Lipinski definition) is 0. The van der Waals surface area contributed by atoms with Crippen LogP contribution in [0.1, 0.15) is 6.92 Å². The Balaban J connectivity index is 2.23. The molecule has 0 amide bonds. The van der Waals surface area contributed by atoms with E-state index in [2.05, 4.69) is 9.64 Å². The maximum absolute atomic E-state index is 11.2. The van der Waals surface area contributed by atoms with Crippen LogP contribution in [0.3, 0.4) is 0 Å². The summed E-state index contributed by atoms with van der Waals surface area (Å²) in [5, 5.41) is 0. The minimum Gasteiger partial charge on any atom is -0.387 e. The van der Waals surface area contributed by atoms with Gasteiger partial charge in [0, 0.05) is 31.8 Å². The fourth-order valence-corrected chi connectivity index (χ4v) is 1.39. The second kappa shape index (κ2) is 7.76. The summed E-state index contributed by atoms with van der Waals surface area (Å²) in [6.07, 6.45) is 5.69. The first-order valence-corrected chi connectivity index (χ1v) is 5.57. The lowest BCUT2D eigenvalue weighted by Gasteiger charge is -2.24. The molecule has 1 aliphatic heterocycles. The van der Waals surface area contributed by atoms with Crippen LogP contribution >= 0.6 is 0 Å². The van der Waals surface area contributed by atoms with Crippen LogP contribution in [-0.4, -0.2) is 49.7 Å². The fourth-order valence-electron chi connectivity index (χ4n) is 1.39. The molecule has 1 rings (SSSR count). The highest BCUT2D eigenvalue weighted by Crippen LogP contribution is 1.96. The van der Waals surface area contributed by atoms with E-state index in [0.717, 1.165) is 26.3 Å². The first-order valence-electron chi connectivity index (χ1n) is 5.57. The van der Waals surface area contributed by atoms with Crippen LogP contribution < -0.4 is 0 Å². The summed E-state index contributed by atoms with van der Waals surface area (Å²) < 4.78 is 9.68. The highest BCUT2D eigenvalue weighted by Gasteiger charge is 2.08. The second-order valence-electron chi connectivity index (χ2n) is 3.56. The van der Waals surface area contributed by atoms with Crippen molar-refractivity contribution < 1.29 is 19.1 Å². The number of allylic oxidation sites excluding steroid dienone is 1. The first kappa shape index (κ1) is 13.6. The molecule has 0 aromatic rings. The summed E-state index contributed by atoms with van der Waals surface area (Å²) >= 11 is 0. The van der Waals surface area contributed by atoms with Gasteiger partial charge in [-0.1, -0.05) is 12.2 Å². The number of carbonyl (C=O) groups excluding carboxylic acids is 2. The molecule has 1 aliphatic rings. The van der Waals surface area contributed by atoms with Crippen molar-refractivity contribution in [2.45, 2.75) is 6.92 Å². The van der Waals surface area contributed by atoms with Crippen molar-refractivity contribution in [3.63, 3.8) is 0 Å². The average Bonchev–Trinajstić information content (AvgIpc) is 2.30. The maximum atomic E-state index is 11.2. The van der Waals surface area contributed by atoms with Gasteiger partial charge in [-0.2, -0.15) is 0 Å². The molecule has 0 bridgehead atoms. The summed E-state index contributed by atoms with van der Waals surface area (Å²) in [6, 6.07) is 0. The Kier molecular flexibility index (Phi) is 6.21. The molecule has 0 radical (unpaired) electrons. The molecule has 94 valence electrons. The Hall–Kier alpha value is -1.46. The summed E-state index contributed by atoms with van der Waals surface area (Å²) in [5.74, 6) is -1.28. The summed E-state index contributed by atoms with van der Waals surface area (Å²) in [6.45, 7) is 5.50. The third-order valence-corrected chi connectivity index (χ3v) is 2.23. The van der Waals surface area contributed by atoms with Crippen molar-refractivity contribution in [1.29, 1.82) is 0 Å². The molecule has 0 atom stereocenters. The fraction of sp³-hybridized carbons (Fsp3) is 0.500. The van der Waals surface area contributed by atoms with Gasteiger partial charge in [-0.05, 0) is 6.92 Å². The predicted molar refractivity (Wildman–Crippen MR) is 62.3 cm³/mol. The standard InChI is InChI=1S/C12H17NO4/c1-2-4-11(14)17-12(15)5-3-6-13-7-9-16-10-8-13/h2-5H,6-10H2,1H3/b4-2?,5-3+. The Morgan fingerprint density at radius 2 is 1.88 bits per heavy atom. The highest BCUT2D eigenvalue weighted by molar-refractivity contribution is 5.96. The quantitative estimate of drug-likeness (QED) is 0.407. The number of hydrogen-bond acceptors (Lipinski definition) is 5. The molecule has 0 saturated carbocycles. The van der Waals surface area contributed by atoms with E-state index in [4.69, 9.17) is 4.74 Å². The molecular weight excluding hydrogens is 222 g/mol. The van der Waals surface area contributed by atoms with Crippen LogP contribution in [0.4, 0.5) is 0 Å². The van der Waals surface area contributed by atoms with Gasteiger partial charge in [-0.15, -0.1) is 0 Å². The van der Waals surface area contributed by atoms with E-state index in [1.54, 1.807) is 13.0 Å². The van der Waals surface area contributed by atoms with Crippen LogP contribution in [0.5, 0.6) is 0 Å². The lowest BCUT2D eigenvalue weighted by atomic mass is 10.4. The molecule has 5 heteroatoms. The summed E-state index contributed by atoms with van der Waals surface area (Å²) in [5.41, 5.74) is 0. The molecule has 5 nitrogen and oxygen atoms in total. The Labute approximate surface area is 101 Å². The molecule has 0 aromatic carbocycles. The van der Waals surface area contributed by atoms with Gasteiger partial charge in [-0.25, -0.2) is 9.59 Å². The highest BCUT2D eigenvalue weighted by atomic mass is 16.6. The van der Waals surface area contributed by atoms with Gasteiger partial charge >= 0.3 is 11.9 Å². The van der Waals surface area contributed by atoms with Gasteiger partial charge in [0.25, 0.3) is 0 Å². The van der Waals surface area contributed by atoms with Crippen molar-refractivity contribution in [2.24, 2.45) is 0 Å². The zero-order chi connectivity index (χ0) is 12.5. The zero-order valence-electron chi connectivity index (χ0n) is 9.93. The number of esters is 2. The molecule has 0 N–H and O–H groups in total. The van der Waals surface area contributed by atoms with E-state index in [0.29, 0.717) is 6.54 Å². The number of ether oxygens (including phenoxy) is 2. The third kappa shape index (κ3) is 5.99. The SMILES string of the molecule is CC=CC(=O)OC(=O)/C=C/CN1CCOCC1. The lowest BCUT2D eigenvalue weighted by molar-refractivity contribution is -0.152. The number of morpholine rings is 1. The Morgan fingerprint density at radius 3 is 2.53 bits per heavy atom.